The summed E-state index contributed by atoms with van der Waals surface area (Å²) in [6, 6.07) is 9.80. The maximum absolute atomic E-state index is 14.6. The number of benzene rings is 2. The Kier molecular flexibility index (Phi) is 5.76. The van der Waals surface area contributed by atoms with E-state index in [-0.39, 0.29) is 28.4 Å². The number of nitrogens with zero attached hydrogens (tertiary/aromatic N) is 2. The zero-order valence-corrected chi connectivity index (χ0v) is 15.9. The first kappa shape index (κ1) is 20.2. The average Bonchev–Trinajstić information content (AvgIpc) is 2.99. The number of hydrogen-bond donors (Lipinski definition) is 1. The molecule has 0 aliphatic rings. The van der Waals surface area contributed by atoms with Crippen molar-refractivity contribution in [3.05, 3.63) is 65.2 Å². The molecule has 1 heterocycles. The van der Waals surface area contributed by atoms with Crippen molar-refractivity contribution in [1.82, 2.24) is 9.78 Å². The summed E-state index contributed by atoms with van der Waals surface area (Å²) in [5.74, 6) is -1.35. The Hall–Kier alpha value is -3.49. The van der Waals surface area contributed by atoms with Gasteiger partial charge in [-0.25, -0.2) is 9.07 Å². The van der Waals surface area contributed by atoms with Crippen LogP contribution in [0.15, 0.2) is 42.5 Å². The molecule has 0 unspecified atom stereocenters. The van der Waals surface area contributed by atoms with Gasteiger partial charge in [0.05, 0.1) is 12.8 Å². The quantitative estimate of drug-likeness (QED) is 0.656. The van der Waals surface area contributed by atoms with E-state index in [1.54, 1.807) is 0 Å². The van der Waals surface area contributed by atoms with Crippen LogP contribution in [-0.2, 0) is 0 Å². The number of alkyl halides is 2. The number of carbonyl (C=O) groups excluding carboxylic acids is 1. The van der Waals surface area contributed by atoms with Crippen molar-refractivity contribution in [3.8, 4) is 17.2 Å². The number of halogens is 3. The van der Waals surface area contributed by atoms with Crippen LogP contribution in [0.5, 0.6) is 11.5 Å². The Bertz CT molecular complexity index is 1050. The van der Waals surface area contributed by atoms with E-state index in [0.717, 1.165) is 11.4 Å². The molecule has 0 bridgehead atoms. The Labute approximate surface area is 164 Å². The molecule has 6 nitrogen and oxygen atoms in total. The zero-order valence-electron chi connectivity index (χ0n) is 15.9. The number of hydrogen-bond acceptors (Lipinski definition) is 4. The fraction of sp³-hybridized carbons (Fsp3) is 0.200. The van der Waals surface area contributed by atoms with Crippen LogP contribution in [0.4, 0.5) is 18.9 Å². The first-order chi connectivity index (χ1) is 13.8. The van der Waals surface area contributed by atoms with Crippen molar-refractivity contribution in [3.63, 3.8) is 0 Å². The fourth-order valence-corrected chi connectivity index (χ4v) is 2.83. The van der Waals surface area contributed by atoms with Gasteiger partial charge in [0.1, 0.15) is 5.69 Å². The van der Waals surface area contributed by atoms with E-state index >= 15 is 0 Å². The molecular weight excluding hydrogens is 387 g/mol. The standard InChI is InChI=1S/C20H18F3N3O3/c1-11-8-12(2)26(25-11)16-6-5-14(10-15(16)21)24-19(27)13-4-7-17(29-20(22)23)18(9-13)28-3/h4-10,20H,1-3H3,(H,24,27). The number of aryl methyl sites for hydroxylation is 2. The first-order valence-corrected chi connectivity index (χ1v) is 8.56. The Morgan fingerprint density at radius 2 is 1.86 bits per heavy atom. The molecule has 0 radical (unpaired) electrons. The van der Waals surface area contributed by atoms with Crippen molar-refractivity contribution >= 4 is 11.6 Å². The summed E-state index contributed by atoms with van der Waals surface area (Å²) in [5.41, 5.74) is 2.14. The van der Waals surface area contributed by atoms with Gasteiger partial charge in [0, 0.05) is 16.9 Å². The number of carbonyl (C=O) groups is 1. The summed E-state index contributed by atoms with van der Waals surface area (Å²) in [5, 5.41) is 6.79. The van der Waals surface area contributed by atoms with Crippen LogP contribution in [0, 0.1) is 19.7 Å². The molecule has 0 saturated heterocycles. The second-order valence-electron chi connectivity index (χ2n) is 6.20. The van der Waals surface area contributed by atoms with E-state index in [4.69, 9.17) is 4.74 Å². The van der Waals surface area contributed by atoms with Crippen LogP contribution in [0.1, 0.15) is 21.7 Å². The number of aromatic nitrogens is 2. The van der Waals surface area contributed by atoms with Gasteiger partial charge in [0.2, 0.25) is 0 Å². The summed E-state index contributed by atoms with van der Waals surface area (Å²) in [6.07, 6.45) is 0. The Morgan fingerprint density at radius 3 is 2.45 bits per heavy atom. The minimum atomic E-state index is -3.02. The average molecular weight is 405 g/mol. The van der Waals surface area contributed by atoms with Crippen molar-refractivity contribution < 1.29 is 27.4 Å². The molecule has 0 spiro atoms. The summed E-state index contributed by atoms with van der Waals surface area (Å²) in [6.45, 7) is 0.596. The van der Waals surface area contributed by atoms with Gasteiger partial charge in [-0.15, -0.1) is 0 Å². The van der Waals surface area contributed by atoms with Crippen LogP contribution in [0.2, 0.25) is 0 Å². The molecule has 1 aromatic heterocycles. The minimum absolute atomic E-state index is 0.0241. The molecule has 0 saturated carbocycles. The Balaban J connectivity index is 1.80. The topological polar surface area (TPSA) is 65.4 Å². The highest BCUT2D eigenvalue weighted by molar-refractivity contribution is 6.04. The smallest absolute Gasteiger partial charge is 0.387 e. The van der Waals surface area contributed by atoms with Gasteiger partial charge in [0.25, 0.3) is 5.91 Å². The van der Waals surface area contributed by atoms with Gasteiger partial charge < -0.3 is 14.8 Å². The lowest BCUT2D eigenvalue weighted by Gasteiger charge is -2.12. The Morgan fingerprint density at radius 1 is 1.10 bits per heavy atom. The third kappa shape index (κ3) is 4.50. The predicted octanol–water partition coefficient (Wildman–Crippen LogP) is 4.49. The number of nitrogens with one attached hydrogen (secondary N) is 1. The SMILES string of the molecule is COc1cc(C(=O)Nc2ccc(-n3nc(C)cc3C)c(F)c2)ccc1OC(F)F. The largest absolute Gasteiger partial charge is 0.493 e. The molecule has 3 aromatic rings. The van der Waals surface area contributed by atoms with Crippen LogP contribution >= 0.6 is 0 Å². The van der Waals surface area contributed by atoms with E-state index in [9.17, 15) is 18.0 Å². The van der Waals surface area contributed by atoms with Crippen molar-refractivity contribution in [2.24, 2.45) is 0 Å². The highest BCUT2D eigenvalue weighted by Gasteiger charge is 2.15. The highest BCUT2D eigenvalue weighted by atomic mass is 19.3. The zero-order chi connectivity index (χ0) is 21.1. The van der Waals surface area contributed by atoms with Gasteiger partial charge in [-0.2, -0.15) is 13.9 Å². The monoisotopic (exact) mass is 405 g/mol. The highest BCUT2D eigenvalue weighted by Crippen LogP contribution is 2.30. The van der Waals surface area contributed by atoms with E-state index in [2.05, 4.69) is 15.2 Å². The second kappa shape index (κ2) is 8.26. The normalized spacial score (nSPS) is 10.9. The van der Waals surface area contributed by atoms with E-state index in [1.165, 1.54) is 48.2 Å². The molecule has 9 heteroatoms. The number of anilines is 1. The summed E-state index contributed by atoms with van der Waals surface area (Å²) in [4.78, 5) is 12.4. The van der Waals surface area contributed by atoms with Crippen molar-refractivity contribution in [2.75, 3.05) is 12.4 Å². The van der Waals surface area contributed by atoms with Gasteiger partial charge in [0.15, 0.2) is 17.3 Å². The van der Waals surface area contributed by atoms with Crippen LogP contribution in [0.3, 0.4) is 0 Å². The molecule has 0 aliphatic heterocycles. The lowest BCUT2D eigenvalue weighted by Crippen LogP contribution is -2.13. The van der Waals surface area contributed by atoms with Gasteiger partial charge in [-0.05, 0) is 56.3 Å². The van der Waals surface area contributed by atoms with Crippen LogP contribution < -0.4 is 14.8 Å². The number of rotatable bonds is 6. The molecule has 0 atom stereocenters. The molecule has 0 aliphatic carbocycles. The molecular formula is C20H18F3N3O3. The maximum atomic E-state index is 14.6. The van der Waals surface area contributed by atoms with E-state index in [0.29, 0.717) is 0 Å². The second-order valence-corrected chi connectivity index (χ2v) is 6.20. The number of ether oxygens (including phenoxy) is 2. The van der Waals surface area contributed by atoms with Crippen molar-refractivity contribution in [1.29, 1.82) is 0 Å². The first-order valence-electron chi connectivity index (χ1n) is 8.56. The third-order valence-corrected chi connectivity index (χ3v) is 4.09. The van der Waals surface area contributed by atoms with Gasteiger partial charge >= 0.3 is 6.61 Å². The number of methoxy groups -OCH3 is 1. The van der Waals surface area contributed by atoms with Crippen molar-refractivity contribution in [2.45, 2.75) is 20.5 Å². The third-order valence-electron chi connectivity index (χ3n) is 4.09. The molecule has 152 valence electrons. The molecule has 2 aromatic carbocycles. The lowest BCUT2D eigenvalue weighted by molar-refractivity contribution is -0.0512. The lowest BCUT2D eigenvalue weighted by atomic mass is 10.1. The summed E-state index contributed by atoms with van der Waals surface area (Å²) < 4.78 is 50.1. The fourth-order valence-electron chi connectivity index (χ4n) is 2.83. The van der Waals surface area contributed by atoms with Crippen LogP contribution in [-0.4, -0.2) is 29.4 Å². The predicted molar refractivity (Wildman–Crippen MR) is 101 cm³/mol. The molecule has 1 amide bonds. The maximum Gasteiger partial charge on any atom is 0.387 e. The molecule has 3 rings (SSSR count). The van der Waals surface area contributed by atoms with E-state index in [1.807, 2.05) is 19.9 Å². The summed E-state index contributed by atoms with van der Waals surface area (Å²) >= 11 is 0. The summed E-state index contributed by atoms with van der Waals surface area (Å²) in [7, 11) is 1.27. The van der Waals surface area contributed by atoms with E-state index < -0.39 is 18.3 Å². The van der Waals surface area contributed by atoms with Gasteiger partial charge in [-0.3, -0.25) is 4.79 Å². The van der Waals surface area contributed by atoms with Crippen LogP contribution in [0.25, 0.3) is 5.69 Å². The molecule has 1 N–H and O–H groups in total. The molecule has 29 heavy (non-hydrogen) atoms. The minimum Gasteiger partial charge on any atom is -0.493 e. The number of amides is 1. The van der Waals surface area contributed by atoms with Gasteiger partial charge in [-0.1, -0.05) is 0 Å². The molecule has 0 fully saturated rings.